The minimum Gasteiger partial charge on any atom is -0.477 e. The van der Waals surface area contributed by atoms with E-state index in [1.165, 1.54) is 10.9 Å². The molecule has 0 fully saturated rings. The van der Waals surface area contributed by atoms with Gasteiger partial charge in [0.25, 0.3) is 0 Å². The number of thiophene rings is 1. The van der Waals surface area contributed by atoms with Crippen LogP contribution in [-0.4, -0.2) is 24.2 Å². The van der Waals surface area contributed by atoms with Gasteiger partial charge in [-0.3, -0.25) is 9.69 Å². The average molecular weight is 428 g/mol. The van der Waals surface area contributed by atoms with Crippen LogP contribution in [-0.2, 0) is 29.0 Å². The fraction of sp³-hybridized carbons (Fsp3) is 0.391. The Bertz CT molecular complexity index is 1100. The summed E-state index contributed by atoms with van der Waals surface area (Å²) in [7, 11) is 0. The standard InChI is InChI=1S/C23H25NO5S/c1-3-8-27-20(25)7-6-16-11-18-15(2)10-21(26)29-23(18)19-13-24(14-28-22(16)19)12-17-5-4-9-30-17/h4-5,9-11H,3,6-8,12-14H2,1-2H3. The largest absolute Gasteiger partial charge is 0.477 e. The quantitative estimate of drug-likeness (QED) is 0.411. The first-order chi connectivity index (χ1) is 14.5. The molecule has 0 spiro atoms. The monoisotopic (exact) mass is 427 g/mol. The van der Waals surface area contributed by atoms with Gasteiger partial charge in [0, 0.05) is 35.8 Å². The van der Waals surface area contributed by atoms with Crippen molar-refractivity contribution in [3.63, 3.8) is 0 Å². The zero-order valence-electron chi connectivity index (χ0n) is 17.2. The lowest BCUT2D eigenvalue weighted by Gasteiger charge is -2.30. The van der Waals surface area contributed by atoms with Crippen LogP contribution in [0.3, 0.4) is 0 Å². The summed E-state index contributed by atoms with van der Waals surface area (Å²) >= 11 is 1.71. The lowest BCUT2D eigenvalue weighted by molar-refractivity contribution is -0.143. The van der Waals surface area contributed by atoms with Gasteiger partial charge < -0.3 is 13.9 Å². The molecule has 0 radical (unpaired) electrons. The van der Waals surface area contributed by atoms with E-state index in [0.717, 1.165) is 40.8 Å². The van der Waals surface area contributed by atoms with Gasteiger partial charge in [0.05, 0.1) is 12.2 Å². The second kappa shape index (κ2) is 9.02. The molecule has 0 aliphatic carbocycles. The van der Waals surface area contributed by atoms with E-state index < -0.39 is 0 Å². The number of hydrogen-bond acceptors (Lipinski definition) is 7. The number of carbonyl (C=O) groups excluding carboxylic acids is 1. The van der Waals surface area contributed by atoms with Gasteiger partial charge in [0.2, 0.25) is 0 Å². The SMILES string of the molecule is CCCOC(=O)CCc1cc2c(C)cc(=O)oc2c2c1OCN(Cc1cccs1)C2. The highest BCUT2D eigenvalue weighted by Gasteiger charge is 2.26. The molecule has 0 bridgehead atoms. The minimum absolute atomic E-state index is 0.211. The normalized spacial score (nSPS) is 13.8. The third-order valence-corrected chi connectivity index (χ3v) is 6.02. The summed E-state index contributed by atoms with van der Waals surface area (Å²) in [6, 6.07) is 7.61. The highest BCUT2D eigenvalue weighted by molar-refractivity contribution is 7.09. The summed E-state index contributed by atoms with van der Waals surface area (Å²) in [6.45, 7) is 6.14. The van der Waals surface area contributed by atoms with Gasteiger partial charge in [0.15, 0.2) is 0 Å². The van der Waals surface area contributed by atoms with E-state index in [1.54, 1.807) is 11.3 Å². The Kier molecular flexibility index (Phi) is 6.20. The van der Waals surface area contributed by atoms with Crippen molar-refractivity contribution in [2.75, 3.05) is 13.3 Å². The van der Waals surface area contributed by atoms with Gasteiger partial charge in [-0.1, -0.05) is 13.0 Å². The lowest BCUT2D eigenvalue weighted by Crippen LogP contribution is -2.32. The molecule has 0 amide bonds. The zero-order valence-corrected chi connectivity index (χ0v) is 18.0. The van der Waals surface area contributed by atoms with Crippen LogP contribution < -0.4 is 10.4 Å². The number of benzene rings is 1. The molecule has 6 nitrogen and oxygen atoms in total. The highest BCUT2D eigenvalue weighted by Crippen LogP contribution is 2.37. The predicted octanol–water partition coefficient (Wildman–Crippen LogP) is 4.40. The van der Waals surface area contributed by atoms with E-state index in [2.05, 4.69) is 16.3 Å². The van der Waals surface area contributed by atoms with E-state index in [-0.39, 0.29) is 18.0 Å². The molecular formula is C23H25NO5S. The summed E-state index contributed by atoms with van der Waals surface area (Å²) < 4.78 is 17.0. The Balaban J connectivity index is 1.68. The fourth-order valence-electron chi connectivity index (χ4n) is 3.74. The molecule has 0 saturated heterocycles. The van der Waals surface area contributed by atoms with Gasteiger partial charge in [0.1, 0.15) is 18.1 Å². The molecule has 2 aromatic heterocycles. The maximum Gasteiger partial charge on any atom is 0.336 e. The molecular weight excluding hydrogens is 402 g/mol. The molecule has 4 rings (SSSR count). The molecule has 0 unspecified atom stereocenters. The molecule has 3 aromatic rings. The Morgan fingerprint density at radius 1 is 1.33 bits per heavy atom. The predicted molar refractivity (Wildman–Crippen MR) is 116 cm³/mol. The zero-order chi connectivity index (χ0) is 21.1. The number of rotatable bonds is 7. The summed E-state index contributed by atoms with van der Waals surface area (Å²) in [5.41, 5.74) is 2.87. The van der Waals surface area contributed by atoms with E-state index in [1.807, 2.05) is 26.0 Å². The van der Waals surface area contributed by atoms with Crippen molar-refractivity contribution in [1.29, 1.82) is 0 Å². The minimum atomic E-state index is -0.367. The van der Waals surface area contributed by atoms with Crippen LogP contribution >= 0.6 is 11.3 Å². The van der Waals surface area contributed by atoms with Crippen molar-refractivity contribution >= 4 is 28.3 Å². The van der Waals surface area contributed by atoms with E-state index in [9.17, 15) is 9.59 Å². The number of fused-ring (bicyclic) bond motifs is 3. The first kappa shape index (κ1) is 20.6. The first-order valence-electron chi connectivity index (χ1n) is 10.2. The first-order valence-corrected chi connectivity index (χ1v) is 11.1. The molecule has 30 heavy (non-hydrogen) atoms. The van der Waals surface area contributed by atoms with Gasteiger partial charge in [-0.05, 0) is 48.4 Å². The number of nitrogens with zero attached hydrogens (tertiary/aromatic N) is 1. The Morgan fingerprint density at radius 2 is 2.20 bits per heavy atom. The van der Waals surface area contributed by atoms with Crippen LogP contribution in [0.5, 0.6) is 5.75 Å². The van der Waals surface area contributed by atoms with Crippen LogP contribution in [0.25, 0.3) is 11.0 Å². The Morgan fingerprint density at radius 3 is 2.97 bits per heavy atom. The van der Waals surface area contributed by atoms with Crippen LogP contribution in [0.4, 0.5) is 0 Å². The summed E-state index contributed by atoms with van der Waals surface area (Å²) in [6.07, 6.45) is 1.61. The summed E-state index contributed by atoms with van der Waals surface area (Å²) in [5, 5.41) is 2.94. The number of carbonyl (C=O) groups is 1. The van der Waals surface area contributed by atoms with Crippen molar-refractivity contribution in [1.82, 2.24) is 4.90 Å². The highest BCUT2D eigenvalue weighted by atomic mass is 32.1. The van der Waals surface area contributed by atoms with E-state index >= 15 is 0 Å². The number of aryl methyl sites for hydroxylation is 2. The van der Waals surface area contributed by atoms with Gasteiger partial charge >= 0.3 is 11.6 Å². The van der Waals surface area contributed by atoms with E-state index in [0.29, 0.717) is 31.9 Å². The second-order valence-corrected chi connectivity index (χ2v) is 8.56. The van der Waals surface area contributed by atoms with Crippen LogP contribution in [0.15, 0.2) is 38.9 Å². The second-order valence-electron chi connectivity index (χ2n) is 7.53. The topological polar surface area (TPSA) is 69.0 Å². The molecule has 158 valence electrons. The lowest BCUT2D eigenvalue weighted by atomic mass is 9.97. The summed E-state index contributed by atoms with van der Waals surface area (Å²) in [5.74, 6) is 0.513. The van der Waals surface area contributed by atoms with Gasteiger partial charge in [-0.25, -0.2) is 4.79 Å². The smallest absolute Gasteiger partial charge is 0.336 e. The van der Waals surface area contributed by atoms with Crippen molar-refractivity contribution in [3.05, 3.63) is 61.6 Å². The molecule has 3 heterocycles. The molecule has 1 aliphatic rings. The van der Waals surface area contributed by atoms with Crippen LogP contribution in [0, 0.1) is 6.92 Å². The molecule has 7 heteroatoms. The van der Waals surface area contributed by atoms with Crippen molar-refractivity contribution in [2.45, 2.75) is 46.2 Å². The Hall–Kier alpha value is -2.64. The Labute approximate surface area is 179 Å². The maximum absolute atomic E-state index is 12.0. The number of hydrogen-bond donors (Lipinski definition) is 0. The molecule has 0 N–H and O–H groups in total. The van der Waals surface area contributed by atoms with E-state index in [4.69, 9.17) is 13.9 Å². The average Bonchev–Trinajstić information content (AvgIpc) is 3.24. The fourth-order valence-corrected chi connectivity index (χ4v) is 4.49. The van der Waals surface area contributed by atoms with Gasteiger partial charge in [-0.2, -0.15) is 0 Å². The third kappa shape index (κ3) is 4.42. The molecule has 0 saturated carbocycles. The summed E-state index contributed by atoms with van der Waals surface area (Å²) in [4.78, 5) is 27.5. The van der Waals surface area contributed by atoms with Crippen LogP contribution in [0.2, 0.25) is 0 Å². The van der Waals surface area contributed by atoms with Crippen molar-refractivity contribution in [3.8, 4) is 5.75 Å². The maximum atomic E-state index is 12.0. The molecule has 1 aliphatic heterocycles. The molecule has 1 aromatic carbocycles. The molecule has 0 atom stereocenters. The van der Waals surface area contributed by atoms with Crippen molar-refractivity contribution < 1.29 is 18.7 Å². The number of ether oxygens (including phenoxy) is 2. The van der Waals surface area contributed by atoms with Crippen LogP contribution in [0.1, 0.15) is 41.3 Å². The third-order valence-electron chi connectivity index (χ3n) is 5.16. The number of esters is 1. The van der Waals surface area contributed by atoms with Crippen molar-refractivity contribution in [2.24, 2.45) is 0 Å². The van der Waals surface area contributed by atoms with Gasteiger partial charge in [-0.15, -0.1) is 11.3 Å².